The Morgan fingerprint density at radius 1 is 1.64 bits per heavy atom. The number of thiophene rings is 1. The lowest BCUT2D eigenvalue weighted by atomic mass is 10.1. The van der Waals surface area contributed by atoms with Crippen molar-refractivity contribution < 1.29 is 4.79 Å². The van der Waals surface area contributed by atoms with Crippen LogP contribution in [-0.2, 0) is 0 Å². The molecule has 1 heterocycles. The molecule has 78 valence electrons. The van der Waals surface area contributed by atoms with Gasteiger partial charge in [-0.3, -0.25) is 4.79 Å². The molecule has 1 amide bonds. The second-order valence-corrected chi connectivity index (χ2v) is 4.92. The number of hydrogen-bond acceptors (Lipinski definition) is 2. The molecular formula is C10H14BrNOS. The largest absolute Gasteiger partial charge is 0.348 e. The highest BCUT2D eigenvalue weighted by Crippen LogP contribution is 2.09. The molecule has 0 saturated carbocycles. The van der Waals surface area contributed by atoms with Gasteiger partial charge in [-0.2, -0.15) is 11.3 Å². The van der Waals surface area contributed by atoms with E-state index in [1.54, 1.807) is 0 Å². The summed E-state index contributed by atoms with van der Waals surface area (Å²) in [5.74, 6) is 0.460. The maximum absolute atomic E-state index is 11.7. The number of nitrogens with one attached hydrogen (secondary N) is 1. The van der Waals surface area contributed by atoms with Crippen molar-refractivity contribution in [3.05, 3.63) is 22.4 Å². The quantitative estimate of drug-likeness (QED) is 0.842. The van der Waals surface area contributed by atoms with Crippen molar-refractivity contribution in [3.63, 3.8) is 0 Å². The lowest BCUT2D eigenvalue weighted by Gasteiger charge is -2.19. The van der Waals surface area contributed by atoms with Crippen LogP contribution in [0.1, 0.15) is 24.2 Å². The van der Waals surface area contributed by atoms with Crippen LogP contribution in [0.25, 0.3) is 0 Å². The highest BCUT2D eigenvalue weighted by Gasteiger charge is 2.15. The molecule has 0 radical (unpaired) electrons. The van der Waals surface area contributed by atoms with Crippen LogP contribution in [0.4, 0.5) is 0 Å². The van der Waals surface area contributed by atoms with E-state index in [4.69, 9.17) is 0 Å². The molecule has 1 rings (SSSR count). The van der Waals surface area contributed by atoms with E-state index in [1.165, 1.54) is 11.3 Å². The van der Waals surface area contributed by atoms with E-state index >= 15 is 0 Å². The van der Waals surface area contributed by atoms with Gasteiger partial charge in [0.2, 0.25) is 0 Å². The highest BCUT2D eigenvalue weighted by molar-refractivity contribution is 9.09. The number of rotatable bonds is 4. The second-order valence-electron chi connectivity index (χ2n) is 3.49. The Balaban J connectivity index is 2.56. The average Bonchev–Trinajstić information content (AvgIpc) is 2.65. The van der Waals surface area contributed by atoms with Gasteiger partial charge >= 0.3 is 0 Å². The first kappa shape index (κ1) is 11.7. The van der Waals surface area contributed by atoms with E-state index < -0.39 is 0 Å². The van der Waals surface area contributed by atoms with E-state index in [-0.39, 0.29) is 11.9 Å². The summed E-state index contributed by atoms with van der Waals surface area (Å²) in [6.07, 6.45) is 0. The van der Waals surface area contributed by atoms with Crippen LogP contribution in [0.5, 0.6) is 0 Å². The predicted octanol–water partition coefficient (Wildman–Crippen LogP) is 2.90. The first-order valence-corrected chi connectivity index (χ1v) is 6.60. The number of carbonyl (C=O) groups is 1. The molecule has 0 spiro atoms. The first-order valence-electron chi connectivity index (χ1n) is 4.54. The summed E-state index contributed by atoms with van der Waals surface area (Å²) in [5, 5.41) is 7.55. The number of alkyl halides is 1. The lowest BCUT2D eigenvalue weighted by molar-refractivity contribution is 0.0932. The van der Waals surface area contributed by atoms with Gasteiger partial charge in [-0.25, -0.2) is 0 Å². The standard InChI is InChI=1S/C10H14BrNOS/c1-7(2)9(5-11)12-10(13)8-3-4-14-6-8/h3-4,6-7,9H,5H2,1-2H3,(H,12,13). The molecule has 1 N–H and O–H groups in total. The fourth-order valence-corrected chi connectivity index (χ4v) is 2.57. The van der Waals surface area contributed by atoms with Crippen LogP contribution in [-0.4, -0.2) is 17.3 Å². The van der Waals surface area contributed by atoms with Gasteiger partial charge in [0.1, 0.15) is 0 Å². The number of halogens is 1. The molecule has 0 aromatic carbocycles. The Morgan fingerprint density at radius 3 is 2.79 bits per heavy atom. The van der Waals surface area contributed by atoms with Gasteiger partial charge in [0.25, 0.3) is 5.91 Å². The van der Waals surface area contributed by atoms with Crippen molar-refractivity contribution in [3.8, 4) is 0 Å². The summed E-state index contributed by atoms with van der Waals surface area (Å²) in [5.41, 5.74) is 0.751. The molecule has 0 aliphatic rings. The Morgan fingerprint density at radius 2 is 2.36 bits per heavy atom. The molecule has 1 aromatic heterocycles. The Bertz CT molecular complexity index is 284. The maximum Gasteiger partial charge on any atom is 0.252 e. The minimum absolute atomic E-state index is 0.0180. The van der Waals surface area contributed by atoms with Crippen molar-refractivity contribution in [2.75, 3.05) is 5.33 Å². The molecule has 1 unspecified atom stereocenters. The molecule has 1 aromatic rings. The van der Waals surface area contributed by atoms with Gasteiger partial charge in [0.05, 0.1) is 0 Å². The van der Waals surface area contributed by atoms with Gasteiger partial charge in [-0.05, 0) is 17.4 Å². The zero-order valence-corrected chi connectivity index (χ0v) is 10.7. The zero-order chi connectivity index (χ0) is 10.6. The fourth-order valence-electron chi connectivity index (χ4n) is 1.03. The van der Waals surface area contributed by atoms with Crippen molar-refractivity contribution >= 4 is 33.2 Å². The molecule has 0 aliphatic heterocycles. The van der Waals surface area contributed by atoms with Crippen LogP contribution in [0.15, 0.2) is 16.8 Å². The molecule has 0 saturated heterocycles. The van der Waals surface area contributed by atoms with Crippen LogP contribution in [0, 0.1) is 5.92 Å². The van der Waals surface area contributed by atoms with Crippen molar-refractivity contribution in [2.45, 2.75) is 19.9 Å². The Hall–Kier alpha value is -0.350. The topological polar surface area (TPSA) is 29.1 Å². The van der Waals surface area contributed by atoms with Gasteiger partial charge in [0.15, 0.2) is 0 Å². The minimum Gasteiger partial charge on any atom is -0.348 e. The normalized spacial score (nSPS) is 12.9. The van der Waals surface area contributed by atoms with Crippen LogP contribution in [0.2, 0.25) is 0 Å². The molecule has 4 heteroatoms. The zero-order valence-electron chi connectivity index (χ0n) is 8.29. The predicted molar refractivity (Wildman–Crippen MR) is 64.2 cm³/mol. The Labute approximate surface area is 96.8 Å². The van der Waals surface area contributed by atoms with Gasteiger partial charge < -0.3 is 5.32 Å². The third-order valence-electron chi connectivity index (χ3n) is 2.07. The third-order valence-corrected chi connectivity index (χ3v) is 3.45. The molecule has 2 nitrogen and oxygen atoms in total. The SMILES string of the molecule is CC(C)C(CBr)NC(=O)c1ccsc1. The summed E-state index contributed by atoms with van der Waals surface area (Å²) in [4.78, 5) is 11.7. The summed E-state index contributed by atoms with van der Waals surface area (Å²) in [7, 11) is 0. The lowest BCUT2D eigenvalue weighted by Crippen LogP contribution is -2.39. The maximum atomic E-state index is 11.7. The summed E-state index contributed by atoms with van der Waals surface area (Å²) < 4.78 is 0. The monoisotopic (exact) mass is 275 g/mol. The summed E-state index contributed by atoms with van der Waals surface area (Å²) in [6.45, 7) is 4.19. The minimum atomic E-state index is 0.0180. The number of carbonyl (C=O) groups excluding carboxylic acids is 1. The van der Waals surface area contributed by atoms with Crippen LogP contribution >= 0.6 is 27.3 Å². The van der Waals surface area contributed by atoms with Crippen LogP contribution < -0.4 is 5.32 Å². The second kappa shape index (κ2) is 5.51. The van der Waals surface area contributed by atoms with Crippen LogP contribution in [0.3, 0.4) is 0 Å². The van der Waals surface area contributed by atoms with E-state index in [9.17, 15) is 4.79 Å². The van der Waals surface area contributed by atoms with E-state index in [0.717, 1.165) is 10.9 Å². The number of amides is 1. The van der Waals surface area contributed by atoms with E-state index in [1.807, 2.05) is 16.8 Å². The highest BCUT2D eigenvalue weighted by atomic mass is 79.9. The van der Waals surface area contributed by atoms with Crippen molar-refractivity contribution in [1.29, 1.82) is 0 Å². The fraction of sp³-hybridized carbons (Fsp3) is 0.500. The van der Waals surface area contributed by atoms with E-state index in [0.29, 0.717) is 5.92 Å². The molecular weight excluding hydrogens is 262 g/mol. The molecule has 1 atom stereocenters. The molecule has 0 fully saturated rings. The van der Waals surface area contributed by atoms with Crippen molar-refractivity contribution in [2.24, 2.45) is 5.92 Å². The van der Waals surface area contributed by atoms with Gasteiger partial charge in [-0.15, -0.1) is 0 Å². The third kappa shape index (κ3) is 3.10. The molecule has 0 aliphatic carbocycles. The average molecular weight is 276 g/mol. The number of hydrogen-bond donors (Lipinski definition) is 1. The van der Waals surface area contributed by atoms with E-state index in [2.05, 4.69) is 35.1 Å². The van der Waals surface area contributed by atoms with Crippen molar-refractivity contribution in [1.82, 2.24) is 5.32 Å². The molecule has 14 heavy (non-hydrogen) atoms. The Kier molecular flexibility index (Phi) is 4.62. The summed E-state index contributed by atoms with van der Waals surface area (Å²) in [6, 6.07) is 2.04. The van der Waals surface area contributed by atoms with Gasteiger partial charge in [0, 0.05) is 22.3 Å². The molecule has 0 bridgehead atoms. The smallest absolute Gasteiger partial charge is 0.252 e. The summed E-state index contributed by atoms with van der Waals surface area (Å²) >= 11 is 4.93. The first-order chi connectivity index (χ1) is 6.65. The van der Waals surface area contributed by atoms with Gasteiger partial charge in [-0.1, -0.05) is 29.8 Å².